The van der Waals surface area contributed by atoms with E-state index in [-0.39, 0.29) is 11.8 Å². The number of likely N-dealkylation sites (tertiary alicyclic amines) is 1. The summed E-state index contributed by atoms with van der Waals surface area (Å²) in [5.41, 5.74) is 2.62. The first-order chi connectivity index (χ1) is 13.7. The number of guanidine groups is 1. The molecular formula is C22H38N4O2S. The summed E-state index contributed by atoms with van der Waals surface area (Å²) < 4.78 is 22.7. The van der Waals surface area contributed by atoms with Crippen molar-refractivity contribution in [3.05, 3.63) is 35.4 Å². The van der Waals surface area contributed by atoms with Gasteiger partial charge in [-0.25, -0.2) is 8.42 Å². The molecule has 29 heavy (non-hydrogen) atoms. The molecule has 2 rings (SSSR count). The van der Waals surface area contributed by atoms with Crippen LogP contribution in [-0.2, 0) is 22.9 Å². The Morgan fingerprint density at radius 2 is 1.83 bits per heavy atom. The van der Waals surface area contributed by atoms with E-state index in [0.717, 1.165) is 31.5 Å². The van der Waals surface area contributed by atoms with Crippen molar-refractivity contribution in [3.8, 4) is 0 Å². The molecule has 1 aromatic carbocycles. The maximum absolute atomic E-state index is 11.4. The molecule has 0 aromatic heterocycles. The van der Waals surface area contributed by atoms with Gasteiger partial charge >= 0.3 is 0 Å². The molecule has 2 N–H and O–H groups in total. The van der Waals surface area contributed by atoms with Gasteiger partial charge in [0.05, 0.1) is 5.75 Å². The molecule has 0 aliphatic carbocycles. The van der Waals surface area contributed by atoms with Gasteiger partial charge in [0.15, 0.2) is 5.96 Å². The highest BCUT2D eigenvalue weighted by molar-refractivity contribution is 7.90. The molecule has 0 saturated carbocycles. The van der Waals surface area contributed by atoms with E-state index in [1.165, 1.54) is 23.8 Å². The smallest absolute Gasteiger partial charge is 0.191 e. The predicted molar refractivity (Wildman–Crippen MR) is 122 cm³/mol. The minimum Gasteiger partial charge on any atom is -0.354 e. The largest absolute Gasteiger partial charge is 0.354 e. The molecular weight excluding hydrogens is 384 g/mol. The van der Waals surface area contributed by atoms with Gasteiger partial charge in [-0.3, -0.25) is 9.89 Å². The molecule has 0 bridgehead atoms. The highest BCUT2D eigenvalue weighted by Gasteiger charge is 2.22. The Kier molecular flexibility index (Phi) is 8.96. The van der Waals surface area contributed by atoms with Crippen LogP contribution in [0.4, 0.5) is 0 Å². The maximum Gasteiger partial charge on any atom is 0.191 e. The number of hydrogen-bond donors (Lipinski definition) is 2. The zero-order valence-electron chi connectivity index (χ0n) is 18.6. The van der Waals surface area contributed by atoms with Crippen LogP contribution in [0.5, 0.6) is 0 Å². The minimum atomic E-state index is -2.95. The van der Waals surface area contributed by atoms with Crippen LogP contribution >= 0.6 is 0 Å². The van der Waals surface area contributed by atoms with Crippen molar-refractivity contribution in [2.45, 2.75) is 52.7 Å². The summed E-state index contributed by atoms with van der Waals surface area (Å²) in [5, 5.41) is 6.67. The molecule has 0 spiro atoms. The van der Waals surface area contributed by atoms with E-state index in [1.54, 1.807) is 7.05 Å². The van der Waals surface area contributed by atoms with Crippen molar-refractivity contribution in [2.24, 2.45) is 16.8 Å². The summed E-state index contributed by atoms with van der Waals surface area (Å²) >= 11 is 0. The van der Waals surface area contributed by atoms with Gasteiger partial charge in [-0.15, -0.1) is 0 Å². The van der Waals surface area contributed by atoms with Crippen LogP contribution in [0.2, 0.25) is 0 Å². The summed E-state index contributed by atoms with van der Waals surface area (Å²) in [5.74, 6) is 2.37. The summed E-state index contributed by atoms with van der Waals surface area (Å²) in [6, 6.07) is 8.59. The second-order valence-electron chi connectivity index (χ2n) is 8.80. The molecule has 7 heteroatoms. The topological polar surface area (TPSA) is 73.8 Å². The lowest BCUT2D eigenvalue weighted by atomic mass is 9.91. The van der Waals surface area contributed by atoms with Crippen molar-refractivity contribution >= 4 is 15.8 Å². The first kappa shape index (κ1) is 23.7. The molecule has 1 saturated heterocycles. The number of nitrogens with zero attached hydrogens (tertiary/aromatic N) is 2. The second kappa shape index (κ2) is 11.0. The standard InChI is InChI=1S/C22H38N4O2S/c1-17-12-18(2)15-26(14-17)16-21-9-7-6-8-20(21)13-24-22(23-4)25-19(3)10-11-29(5,27)28/h6-9,17-19H,10-16H2,1-5H3,(H2,23,24,25). The van der Waals surface area contributed by atoms with E-state index < -0.39 is 9.84 Å². The lowest BCUT2D eigenvalue weighted by Crippen LogP contribution is -2.42. The van der Waals surface area contributed by atoms with Gasteiger partial charge < -0.3 is 10.6 Å². The van der Waals surface area contributed by atoms with Crippen LogP contribution in [0.3, 0.4) is 0 Å². The molecule has 1 heterocycles. The molecule has 0 radical (unpaired) electrons. The van der Waals surface area contributed by atoms with Gasteiger partial charge in [-0.05, 0) is 42.7 Å². The van der Waals surface area contributed by atoms with E-state index >= 15 is 0 Å². The SMILES string of the molecule is CN=C(NCc1ccccc1CN1CC(C)CC(C)C1)NC(C)CCS(C)(=O)=O. The quantitative estimate of drug-likeness (QED) is 0.498. The number of hydrogen-bond acceptors (Lipinski definition) is 4. The van der Waals surface area contributed by atoms with Gasteiger partial charge in [-0.1, -0.05) is 38.1 Å². The Balaban J connectivity index is 1.92. The third kappa shape index (κ3) is 8.74. The van der Waals surface area contributed by atoms with Gasteiger partial charge in [0, 0.05) is 45.5 Å². The van der Waals surface area contributed by atoms with Gasteiger partial charge in [0.2, 0.25) is 0 Å². The number of piperidine rings is 1. The van der Waals surface area contributed by atoms with Crippen molar-refractivity contribution in [3.63, 3.8) is 0 Å². The minimum absolute atomic E-state index is 0.0301. The molecule has 0 amide bonds. The van der Waals surface area contributed by atoms with Crippen molar-refractivity contribution in [1.29, 1.82) is 0 Å². The van der Waals surface area contributed by atoms with E-state index in [4.69, 9.17) is 0 Å². The van der Waals surface area contributed by atoms with Crippen LogP contribution in [0, 0.1) is 11.8 Å². The second-order valence-corrected chi connectivity index (χ2v) is 11.1. The highest BCUT2D eigenvalue weighted by atomic mass is 32.2. The Bertz CT molecular complexity index is 769. The third-order valence-electron chi connectivity index (χ3n) is 5.43. The molecule has 1 aromatic rings. The summed E-state index contributed by atoms with van der Waals surface area (Å²) in [6.45, 7) is 10.6. The van der Waals surface area contributed by atoms with Crippen molar-refractivity contribution in [2.75, 3.05) is 32.1 Å². The number of nitrogens with one attached hydrogen (secondary N) is 2. The van der Waals surface area contributed by atoms with Gasteiger partial charge in [-0.2, -0.15) is 0 Å². The number of aliphatic imine (C=N–C) groups is 1. The monoisotopic (exact) mass is 422 g/mol. The Labute approximate surface area is 177 Å². The highest BCUT2D eigenvalue weighted by Crippen LogP contribution is 2.23. The van der Waals surface area contributed by atoms with Crippen molar-refractivity contribution in [1.82, 2.24) is 15.5 Å². The van der Waals surface area contributed by atoms with E-state index in [2.05, 4.69) is 58.6 Å². The molecule has 6 nitrogen and oxygen atoms in total. The average Bonchev–Trinajstić information content (AvgIpc) is 2.63. The Hall–Kier alpha value is -1.60. The third-order valence-corrected chi connectivity index (χ3v) is 6.41. The summed E-state index contributed by atoms with van der Waals surface area (Å²) in [6.07, 6.45) is 3.15. The maximum atomic E-state index is 11.4. The van der Waals surface area contributed by atoms with E-state index in [9.17, 15) is 8.42 Å². The lowest BCUT2D eigenvalue weighted by molar-refractivity contribution is 0.134. The zero-order valence-corrected chi connectivity index (χ0v) is 19.4. The molecule has 3 unspecified atom stereocenters. The molecule has 1 aliphatic rings. The number of rotatable bonds is 8. The van der Waals surface area contributed by atoms with Crippen LogP contribution in [0.1, 0.15) is 44.7 Å². The lowest BCUT2D eigenvalue weighted by Gasteiger charge is -2.35. The van der Waals surface area contributed by atoms with E-state index in [0.29, 0.717) is 18.9 Å². The first-order valence-electron chi connectivity index (χ1n) is 10.6. The number of sulfone groups is 1. The Morgan fingerprint density at radius 3 is 2.41 bits per heavy atom. The number of benzene rings is 1. The summed E-state index contributed by atoms with van der Waals surface area (Å²) in [4.78, 5) is 6.85. The van der Waals surface area contributed by atoms with Crippen LogP contribution in [0.25, 0.3) is 0 Å². The van der Waals surface area contributed by atoms with Crippen LogP contribution in [0.15, 0.2) is 29.3 Å². The van der Waals surface area contributed by atoms with E-state index in [1.807, 2.05) is 6.92 Å². The fourth-order valence-corrected chi connectivity index (χ4v) is 4.90. The van der Waals surface area contributed by atoms with Crippen LogP contribution in [-0.4, -0.2) is 57.5 Å². The van der Waals surface area contributed by atoms with Gasteiger partial charge in [0.1, 0.15) is 9.84 Å². The van der Waals surface area contributed by atoms with Crippen LogP contribution < -0.4 is 10.6 Å². The molecule has 164 valence electrons. The predicted octanol–water partition coefficient (Wildman–Crippen LogP) is 2.65. The first-order valence-corrected chi connectivity index (χ1v) is 12.7. The normalized spacial score (nSPS) is 22.3. The Morgan fingerprint density at radius 1 is 1.21 bits per heavy atom. The molecule has 1 fully saturated rings. The fourth-order valence-electron chi connectivity index (χ4n) is 4.12. The molecule has 1 aliphatic heterocycles. The molecule has 3 atom stereocenters. The average molecular weight is 423 g/mol. The summed E-state index contributed by atoms with van der Waals surface area (Å²) in [7, 11) is -1.21. The van der Waals surface area contributed by atoms with Gasteiger partial charge in [0.25, 0.3) is 0 Å². The zero-order chi connectivity index (χ0) is 21.4. The van der Waals surface area contributed by atoms with Crippen molar-refractivity contribution < 1.29 is 8.42 Å². The fraction of sp³-hybridized carbons (Fsp3) is 0.682.